The summed E-state index contributed by atoms with van der Waals surface area (Å²) < 4.78 is 11.2. The molecule has 0 amide bonds. The molecule has 0 aromatic heterocycles. The van der Waals surface area contributed by atoms with Crippen LogP contribution in [0.5, 0.6) is 5.75 Å². The minimum absolute atomic E-state index is 0.494. The van der Waals surface area contributed by atoms with Crippen LogP contribution in [0, 0.1) is 5.92 Å². The average Bonchev–Trinajstić information content (AvgIpc) is 2.36. The van der Waals surface area contributed by atoms with Crippen molar-refractivity contribution >= 4 is 0 Å². The number of nitrogens with one attached hydrogen (secondary N) is 1. The summed E-state index contributed by atoms with van der Waals surface area (Å²) in [6.45, 7) is 11.5. The van der Waals surface area contributed by atoms with Gasteiger partial charge in [-0.15, -0.1) is 0 Å². The molecule has 0 fully saturated rings. The van der Waals surface area contributed by atoms with E-state index in [9.17, 15) is 0 Å². The Labute approximate surface area is 117 Å². The monoisotopic (exact) mass is 265 g/mol. The number of rotatable bonds is 9. The zero-order valence-electron chi connectivity index (χ0n) is 12.6. The Morgan fingerprint density at radius 1 is 1.11 bits per heavy atom. The van der Waals surface area contributed by atoms with Gasteiger partial charge in [0, 0.05) is 19.2 Å². The minimum Gasteiger partial charge on any atom is -0.491 e. The van der Waals surface area contributed by atoms with Crippen molar-refractivity contribution < 1.29 is 9.47 Å². The molecule has 3 nitrogen and oxygen atoms in total. The molecular formula is C16H27NO2. The Bertz CT molecular complexity index is 350. The molecule has 0 aliphatic heterocycles. The lowest BCUT2D eigenvalue weighted by Crippen LogP contribution is -2.21. The standard InChI is InChI=1S/C16H27NO2/c1-13(2)12-18-8-9-19-16-7-5-6-15(10-16)11-17-14(3)4/h5-7,10,13-14,17H,8-9,11-12H2,1-4H3. The van der Waals surface area contributed by atoms with Crippen LogP contribution < -0.4 is 10.1 Å². The van der Waals surface area contributed by atoms with E-state index in [4.69, 9.17) is 9.47 Å². The van der Waals surface area contributed by atoms with Crippen LogP contribution in [-0.2, 0) is 11.3 Å². The molecule has 1 aromatic rings. The fourth-order valence-corrected chi connectivity index (χ4v) is 1.60. The van der Waals surface area contributed by atoms with Gasteiger partial charge in [-0.25, -0.2) is 0 Å². The van der Waals surface area contributed by atoms with Gasteiger partial charge in [-0.2, -0.15) is 0 Å². The Balaban J connectivity index is 2.27. The maximum atomic E-state index is 5.68. The van der Waals surface area contributed by atoms with Gasteiger partial charge in [-0.05, 0) is 23.6 Å². The fraction of sp³-hybridized carbons (Fsp3) is 0.625. The Kier molecular flexibility index (Phi) is 7.53. The zero-order valence-corrected chi connectivity index (χ0v) is 12.6. The summed E-state index contributed by atoms with van der Waals surface area (Å²) in [4.78, 5) is 0. The number of benzene rings is 1. The predicted octanol–water partition coefficient (Wildman–Crippen LogP) is 3.24. The largest absolute Gasteiger partial charge is 0.491 e. The van der Waals surface area contributed by atoms with Gasteiger partial charge >= 0.3 is 0 Å². The van der Waals surface area contributed by atoms with Crippen LogP contribution >= 0.6 is 0 Å². The SMILES string of the molecule is CC(C)COCCOc1cccc(CNC(C)C)c1. The third kappa shape index (κ3) is 7.85. The fourth-order valence-electron chi connectivity index (χ4n) is 1.60. The van der Waals surface area contributed by atoms with E-state index in [1.165, 1.54) is 5.56 Å². The molecular weight excluding hydrogens is 238 g/mol. The molecule has 0 bridgehead atoms. The summed E-state index contributed by atoms with van der Waals surface area (Å²) in [6.07, 6.45) is 0. The van der Waals surface area contributed by atoms with E-state index >= 15 is 0 Å². The van der Waals surface area contributed by atoms with E-state index in [2.05, 4.69) is 45.1 Å². The molecule has 0 aliphatic rings. The normalized spacial score (nSPS) is 11.3. The van der Waals surface area contributed by atoms with Crippen LogP contribution in [-0.4, -0.2) is 25.9 Å². The lowest BCUT2D eigenvalue weighted by molar-refractivity contribution is 0.0819. The van der Waals surface area contributed by atoms with Crippen LogP contribution in [0.3, 0.4) is 0 Å². The molecule has 108 valence electrons. The van der Waals surface area contributed by atoms with Crippen molar-refractivity contribution in [2.24, 2.45) is 5.92 Å². The lowest BCUT2D eigenvalue weighted by Gasteiger charge is -2.11. The first-order valence-corrected chi connectivity index (χ1v) is 7.10. The Hall–Kier alpha value is -1.06. The van der Waals surface area contributed by atoms with Gasteiger partial charge in [-0.3, -0.25) is 0 Å². The molecule has 1 rings (SSSR count). The highest BCUT2D eigenvalue weighted by Crippen LogP contribution is 2.13. The smallest absolute Gasteiger partial charge is 0.119 e. The van der Waals surface area contributed by atoms with Crippen molar-refractivity contribution in [2.45, 2.75) is 40.3 Å². The minimum atomic E-state index is 0.494. The highest BCUT2D eigenvalue weighted by molar-refractivity contribution is 5.28. The zero-order chi connectivity index (χ0) is 14.1. The molecule has 1 aromatic carbocycles. The summed E-state index contributed by atoms with van der Waals surface area (Å²) >= 11 is 0. The van der Waals surface area contributed by atoms with Crippen LogP contribution in [0.4, 0.5) is 0 Å². The first kappa shape index (κ1) is 16.0. The van der Waals surface area contributed by atoms with E-state index in [-0.39, 0.29) is 0 Å². The van der Waals surface area contributed by atoms with Gasteiger partial charge in [0.05, 0.1) is 6.61 Å². The van der Waals surface area contributed by atoms with E-state index < -0.39 is 0 Å². The lowest BCUT2D eigenvalue weighted by atomic mass is 10.2. The second kappa shape index (κ2) is 8.94. The van der Waals surface area contributed by atoms with Crippen molar-refractivity contribution in [2.75, 3.05) is 19.8 Å². The summed E-state index contributed by atoms with van der Waals surface area (Å²) in [5.41, 5.74) is 1.24. The molecule has 0 saturated heterocycles. The highest BCUT2D eigenvalue weighted by Gasteiger charge is 1.99. The summed E-state index contributed by atoms with van der Waals surface area (Å²) in [5, 5.41) is 3.40. The first-order valence-electron chi connectivity index (χ1n) is 7.10. The van der Waals surface area contributed by atoms with Gasteiger partial charge in [0.2, 0.25) is 0 Å². The van der Waals surface area contributed by atoms with Crippen LogP contribution in [0.15, 0.2) is 24.3 Å². The maximum Gasteiger partial charge on any atom is 0.119 e. The third-order valence-electron chi connectivity index (χ3n) is 2.56. The molecule has 1 N–H and O–H groups in total. The predicted molar refractivity (Wildman–Crippen MR) is 79.6 cm³/mol. The van der Waals surface area contributed by atoms with E-state index in [1.807, 2.05) is 12.1 Å². The molecule has 0 aliphatic carbocycles. The molecule has 0 saturated carbocycles. The second-order valence-electron chi connectivity index (χ2n) is 5.50. The van der Waals surface area contributed by atoms with Crippen LogP contribution in [0.1, 0.15) is 33.3 Å². The molecule has 0 spiro atoms. The van der Waals surface area contributed by atoms with Gasteiger partial charge in [0.15, 0.2) is 0 Å². The Morgan fingerprint density at radius 3 is 2.58 bits per heavy atom. The summed E-state index contributed by atoms with van der Waals surface area (Å²) in [7, 11) is 0. The van der Waals surface area contributed by atoms with E-state index in [0.29, 0.717) is 25.2 Å². The molecule has 0 heterocycles. The van der Waals surface area contributed by atoms with Crippen LogP contribution in [0.2, 0.25) is 0 Å². The van der Waals surface area contributed by atoms with Crippen molar-refractivity contribution in [1.29, 1.82) is 0 Å². The van der Waals surface area contributed by atoms with Gasteiger partial charge < -0.3 is 14.8 Å². The number of hydrogen-bond acceptors (Lipinski definition) is 3. The summed E-state index contributed by atoms with van der Waals surface area (Å²) in [6, 6.07) is 8.70. The molecule has 0 atom stereocenters. The molecule has 19 heavy (non-hydrogen) atoms. The molecule has 0 unspecified atom stereocenters. The van der Waals surface area contributed by atoms with E-state index in [0.717, 1.165) is 18.9 Å². The highest BCUT2D eigenvalue weighted by atomic mass is 16.5. The topological polar surface area (TPSA) is 30.5 Å². The summed E-state index contributed by atoms with van der Waals surface area (Å²) in [5.74, 6) is 1.49. The first-order chi connectivity index (χ1) is 9.08. The van der Waals surface area contributed by atoms with Gasteiger partial charge in [-0.1, -0.05) is 39.8 Å². The van der Waals surface area contributed by atoms with E-state index in [1.54, 1.807) is 0 Å². The van der Waals surface area contributed by atoms with Crippen molar-refractivity contribution in [3.63, 3.8) is 0 Å². The Morgan fingerprint density at radius 2 is 1.89 bits per heavy atom. The van der Waals surface area contributed by atoms with Crippen molar-refractivity contribution in [1.82, 2.24) is 5.32 Å². The quantitative estimate of drug-likeness (QED) is 0.695. The third-order valence-corrected chi connectivity index (χ3v) is 2.56. The molecule has 0 radical (unpaired) electrons. The second-order valence-corrected chi connectivity index (χ2v) is 5.50. The van der Waals surface area contributed by atoms with Crippen molar-refractivity contribution in [3.8, 4) is 5.75 Å². The molecule has 3 heteroatoms. The number of ether oxygens (including phenoxy) is 2. The van der Waals surface area contributed by atoms with Gasteiger partial charge in [0.1, 0.15) is 12.4 Å². The average molecular weight is 265 g/mol. The van der Waals surface area contributed by atoms with Gasteiger partial charge in [0.25, 0.3) is 0 Å². The maximum absolute atomic E-state index is 5.68. The number of hydrogen-bond donors (Lipinski definition) is 1. The van der Waals surface area contributed by atoms with Crippen LogP contribution in [0.25, 0.3) is 0 Å². The van der Waals surface area contributed by atoms with Crippen molar-refractivity contribution in [3.05, 3.63) is 29.8 Å².